The molecule has 0 saturated heterocycles. The fourth-order valence-electron chi connectivity index (χ4n) is 0.703. The number of rotatable bonds is 2. The Labute approximate surface area is 99.2 Å². The number of benzene rings is 1. The van der Waals surface area contributed by atoms with Crippen molar-refractivity contribution in [1.29, 1.82) is 0 Å². The van der Waals surface area contributed by atoms with Gasteiger partial charge in [-0.3, -0.25) is 4.79 Å². The van der Waals surface area contributed by atoms with Crippen molar-refractivity contribution in [2.75, 3.05) is 0 Å². The highest BCUT2D eigenvalue weighted by Gasteiger charge is 1.82. The Morgan fingerprint density at radius 2 is 1.69 bits per heavy atom. The minimum atomic E-state index is -0.245. The van der Waals surface area contributed by atoms with Crippen LogP contribution in [-0.4, -0.2) is 5.91 Å². The van der Waals surface area contributed by atoms with E-state index in [1.54, 1.807) is 6.92 Å². The van der Waals surface area contributed by atoms with Crippen molar-refractivity contribution in [2.24, 2.45) is 5.73 Å². The van der Waals surface area contributed by atoms with E-state index in [9.17, 15) is 4.79 Å². The normalized spacial score (nSPS) is 7.75. The molecule has 0 aromatic heterocycles. The van der Waals surface area contributed by atoms with Crippen LogP contribution in [0.1, 0.15) is 38.3 Å². The molecule has 0 heterocycles. The molecule has 0 aliphatic rings. The first-order valence-electron chi connectivity index (χ1n) is 5.57. The average molecular weight is 221 g/mol. The monoisotopic (exact) mass is 221 g/mol. The van der Waals surface area contributed by atoms with E-state index in [-0.39, 0.29) is 5.91 Å². The van der Waals surface area contributed by atoms with Crippen LogP contribution in [0, 0.1) is 6.92 Å². The second-order valence-electron chi connectivity index (χ2n) is 2.93. The number of carbonyl (C=O) groups is 1. The van der Waals surface area contributed by atoms with Gasteiger partial charge in [-0.1, -0.05) is 63.3 Å². The zero-order valence-corrected chi connectivity index (χ0v) is 10.8. The SMILES string of the molecule is C=Cc1ccc(C)cc1.CC.CCC(N)=O. The van der Waals surface area contributed by atoms with Crippen LogP contribution in [0.5, 0.6) is 0 Å². The second kappa shape index (κ2) is 11.5. The Balaban J connectivity index is 0. The lowest BCUT2D eigenvalue weighted by molar-refractivity contribution is -0.117. The molecule has 0 atom stereocenters. The van der Waals surface area contributed by atoms with Gasteiger partial charge in [0.15, 0.2) is 0 Å². The first kappa shape index (κ1) is 16.8. The molecule has 16 heavy (non-hydrogen) atoms. The van der Waals surface area contributed by atoms with Gasteiger partial charge in [0.2, 0.25) is 5.91 Å². The second-order valence-corrected chi connectivity index (χ2v) is 2.93. The number of nitrogens with two attached hydrogens (primary N) is 1. The fraction of sp³-hybridized carbons (Fsp3) is 0.357. The van der Waals surface area contributed by atoms with Gasteiger partial charge >= 0.3 is 0 Å². The third-order valence-electron chi connectivity index (χ3n) is 1.66. The van der Waals surface area contributed by atoms with Crippen molar-refractivity contribution in [3.8, 4) is 0 Å². The summed E-state index contributed by atoms with van der Waals surface area (Å²) in [5, 5.41) is 0. The summed E-state index contributed by atoms with van der Waals surface area (Å²) < 4.78 is 0. The highest BCUT2D eigenvalue weighted by atomic mass is 16.1. The van der Waals surface area contributed by atoms with Crippen molar-refractivity contribution in [3.63, 3.8) is 0 Å². The van der Waals surface area contributed by atoms with Crippen molar-refractivity contribution in [1.82, 2.24) is 0 Å². The molecule has 2 N–H and O–H groups in total. The largest absolute Gasteiger partial charge is 0.370 e. The summed E-state index contributed by atoms with van der Waals surface area (Å²) in [4.78, 5) is 9.59. The van der Waals surface area contributed by atoms with Gasteiger partial charge in [0.1, 0.15) is 0 Å². The number of hydrogen-bond donors (Lipinski definition) is 1. The van der Waals surface area contributed by atoms with E-state index < -0.39 is 0 Å². The molecule has 0 saturated carbocycles. The van der Waals surface area contributed by atoms with Gasteiger partial charge < -0.3 is 5.73 Å². The molecule has 0 aliphatic heterocycles. The maximum absolute atomic E-state index is 9.59. The topological polar surface area (TPSA) is 43.1 Å². The van der Waals surface area contributed by atoms with Crippen LogP contribution in [0.3, 0.4) is 0 Å². The predicted molar refractivity (Wildman–Crippen MR) is 72.1 cm³/mol. The minimum absolute atomic E-state index is 0.245. The van der Waals surface area contributed by atoms with E-state index in [0.717, 1.165) is 0 Å². The predicted octanol–water partition coefficient (Wildman–Crippen LogP) is 3.55. The van der Waals surface area contributed by atoms with Crippen molar-refractivity contribution in [3.05, 3.63) is 42.0 Å². The van der Waals surface area contributed by atoms with Gasteiger partial charge in [-0.25, -0.2) is 0 Å². The van der Waals surface area contributed by atoms with E-state index in [0.29, 0.717) is 6.42 Å². The van der Waals surface area contributed by atoms with Crippen LogP contribution in [0.15, 0.2) is 30.8 Å². The fourth-order valence-corrected chi connectivity index (χ4v) is 0.703. The summed E-state index contributed by atoms with van der Waals surface area (Å²) in [5.74, 6) is -0.245. The summed E-state index contributed by atoms with van der Waals surface area (Å²) in [6.07, 6.45) is 2.29. The zero-order chi connectivity index (χ0) is 13.0. The first-order chi connectivity index (χ1) is 7.60. The van der Waals surface area contributed by atoms with Gasteiger partial charge in [0, 0.05) is 6.42 Å². The lowest BCUT2D eigenvalue weighted by Crippen LogP contribution is -2.06. The number of carbonyl (C=O) groups excluding carboxylic acids is 1. The molecule has 2 nitrogen and oxygen atoms in total. The Morgan fingerprint density at radius 1 is 1.31 bits per heavy atom. The molecule has 1 aromatic rings. The van der Waals surface area contributed by atoms with E-state index in [2.05, 4.69) is 43.5 Å². The van der Waals surface area contributed by atoms with Crippen molar-refractivity contribution >= 4 is 12.0 Å². The molecule has 1 amide bonds. The Morgan fingerprint density at radius 3 is 1.94 bits per heavy atom. The third kappa shape index (κ3) is 10.5. The zero-order valence-electron chi connectivity index (χ0n) is 10.8. The maximum Gasteiger partial charge on any atom is 0.217 e. The number of primary amides is 1. The van der Waals surface area contributed by atoms with Gasteiger partial charge in [-0.05, 0) is 12.5 Å². The van der Waals surface area contributed by atoms with Crippen LogP contribution in [-0.2, 0) is 4.79 Å². The first-order valence-corrected chi connectivity index (χ1v) is 5.57. The lowest BCUT2D eigenvalue weighted by atomic mass is 10.2. The van der Waals surface area contributed by atoms with Gasteiger partial charge in [0.25, 0.3) is 0 Å². The van der Waals surface area contributed by atoms with Crippen LogP contribution in [0.2, 0.25) is 0 Å². The molecule has 1 aromatic carbocycles. The highest BCUT2D eigenvalue weighted by Crippen LogP contribution is 2.02. The highest BCUT2D eigenvalue weighted by molar-refractivity contribution is 5.73. The molecule has 2 heteroatoms. The summed E-state index contributed by atoms with van der Waals surface area (Å²) in [5.41, 5.74) is 7.13. The molecule has 0 spiro atoms. The molecule has 1 rings (SSSR count). The molecule has 0 unspecified atom stereocenters. The van der Waals surface area contributed by atoms with Crippen LogP contribution >= 0.6 is 0 Å². The van der Waals surface area contributed by atoms with Gasteiger partial charge in [-0.2, -0.15) is 0 Å². The van der Waals surface area contributed by atoms with Crippen molar-refractivity contribution < 1.29 is 4.79 Å². The van der Waals surface area contributed by atoms with E-state index in [1.165, 1.54) is 11.1 Å². The number of hydrogen-bond acceptors (Lipinski definition) is 1. The lowest BCUT2D eigenvalue weighted by Gasteiger charge is -1.91. The molecule has 0 aliphatic carbocycles. The van der Waals surface area contributed by atoms with E-state index in [4.69, 9.17) is 0 Å². The average Bonchev–Trinajstić information content (AvgIpc) is 2.33. The Bertz CT molecular complexity index is 288. The van der Waals surface area contributed by atoms with Gasteiger partial charge in [-0.15, -0.1) is 0 Å². The van der Waals surface area contributed by atoms with E-state index in [1.807, 2.05) is 19.9 Å². The number of aryl methyl sites for hydroxylation is 1. The van der Waals surface area contributed by atoms with Gasteiger partial charge in [0.05, 0.1) is 0 Å². The molecule has 0 bridgehead atoms. The molecular formula is C14H23NO. The molecular weight excluding hydrogens is 198 g/mol. The Kier molecular flexibility index (Phi) is 12.1. The summed E-state index contributed by atoms with van der Waals surface area (Å²) in [6.45, 7) is 11.5. The van der Waals surface area contributed by atoms with Crippen LogP contribution in [0.4, 0.5) is 0 Å². The maximum atomic E-state index is 9.59. The molecule has 0 radical (unpaired) electrons. The number of amides is 1. The van der Waals surface area contributed by atoms with Crippen LogP contribution in [0.25, 0.3) is 6.08 Å². The van der Waals surface area contributed by atoms with Crippen LogP contribution < -0.4 is 5.73 Å². The minimum Gasteiger partial charge on any atom is -0.370 e. The summed E-state index contributed by atoms with van der Waals surface area (Å²) in [6, 6.07) is 8.28. The standard InChI is InChI=1S/C9H10.C3H7NO.C2H6/c1-3-9-6-4-8(2)5-7-9;1-2-3(4)5;1-2/h3-7H,1H2,2H3;2H2,1H3,(H2,4,5);1-2H3. The molecule has 0 fully saturated rings. The van der Waals surface area contributed by atoms with E-state index >= 15 is 0 Å². The van der Waals surface area contributed by atoms with Crippen molar-refractivity contribution in [2.45, 2.75) is 34.1 Å². The smallest absolute Gasteiger partial charge is 0.217 e. The summed E-state index contributed by atoms with van der Waals surface area (Å²) >= 11 is 0. The quantitative estimate of drug-likeness (QED) is 0.815. The third-order valence-corrected chi connectivity index (χ3v) is 1.66. The Hall–Kier alpha value is -1.57. The molecule has 90 valence electrons. The summed E-state index contributed by atoms with van der Waals surface area (Å²) in [7, 11) is 0.